The van der Waals surface area contributed by atoms with Crippen LogP contribution in [0.1, 0.15) is 5.01 Å². The molecule has 0 saturated carbocycles. The highest BCUT2D eigenvalue weighted by Crippen LogP contribution is 2.25. The van der Waals surface area contributed by atoms with E-state index >= 15 is 0 Å². The summed E-state index contributed by atoms with van der Waals surface area (Å²) in [5.41, 5.74) is 5.40. The van der Waals surface area contributed by atoms with Crippen molar-refractivity contribution in [1.82, 2.24) is 14.9 Å². The second-order valence-corrected chi connectivity index (χ2v) is 7.11. The number of hydrogen-bond acceptors (Lipinski definition) is 6. The van der Waals surface area contributed by atoms with E-state index in [0.29, 0.717) is 5.01 Å². The number of sulfonamides is 1. The quantitative estimate of drug-likeness (QED) is 0.887. The van der Waals surface area contributed by atoms with E-state index < -0.39 is 10.0 Å². The molecule has 1 heterocycles. The monoisotopic (exact) mass is 338 g/mol. The Kier molecular flexibility index (Phi) is 4.26. The van der Waals surface area contributed by atoms with Crippen LogP contribution in [0.5, 0.6) is 0 Å². The van der Waals surface area contributed by atoms with E-state index in [1.807, 2.05) is 0 Å². The topological polar surface area (TPSA) is 98.0 Å². The predicted molar refractivity (Wildman–Crippen MR) is 74.8 cm³/mol. The van der Waals surface area contributed by atoms with Crippen LogP contribution in [0, 0.1) is 0 Å². The SMILES string of the molecule is Nc1nnc(CNS(=O)(=O)c2cc(Cl)ccc2Cl)s1. The molecule has 2 aromatic rings. The van der Waals surface area contributed by atoms with Crippen molar-refractivity contribution in [2.75, 3.05) is 5.73 Å². The largest absolute Gasteiger partial charge is 0.374 e. The van der Waals surface area contributed by atoms with Crippen LogP contribution in [0.2, 0.25) is 10.0 Å². The third-order valence-electron chi connectivity index (χ3n) is 2.08. The molecule has 0 spiro atoms. The molecule has 1 aromatic heterocycles. The molecule has 0 fully saturated rings. The average Bonchev–Trinajstić information content (AvgIpc) is 2.76. The van der Waals surface area contributed by atoms with E-state index in [-0.39, 0.29) is 26.6 Å². The van der Waals surface area contributed by atoms with Crippen molar-refractivity contribution in [3.05, 3.63) is 33.3 Å². The molecule has 0 bridgehead atoms. The van der Waals surface area contributed by atoms with Crippen LogP contribution in [0.25, 0.3) is 0 Å². The Labute approximate surface area is 123 Å². The normalized spacial score (nSPS) is 11.7. The van der Waals surface area contributed by atoms with E-state index in [4.69, 9.17) is 28.9 Å². The lowest BCUT2D eigenvalue weighted by Crippen LogP contribution is -2.23. The van der Waals surface area contributed by atoms with E-state index in [9.17, 15) is 8.42 Å². The minimum atomic E-state index is -3.77. The molecule has 6 nitrogen and oxygen atoms in total. The summed E-state index contributed by atoms with van der Waals surface area (Å²) in [5.74, 6) is 0. The maximum absolute atomic E-state index is 12.1. The van der Waals surface area contributed by atoms with Gasteiger partial charge in [-0.2, -0.15) is 0 Å². The molecule has 19 heavy (non-hydrogen) atoms. The number of benzene rings is 1. The Hall–Kier alpha value is -0.930. The summed E-state index contributed by atoms with van der Waals surface area (Å²) >= 11 is 12.7. The molecule has 1 aromatic carbocycles. The second kappa shape index (κ2) is 5.59. The van der Waals surface area contributed by atoms with Crippen LogP contribution in [0.15, 0.2) is 23.1 Å². The zero-order valence-corrected chi connectivity index (χ0v) is 12.4. The number of nitrogen functional groups attached to an aromatic ring is 1. The van der Waals surface area contributed by atoms with Crippen molar-refractivity contribution in [1.29, 1.82) is 0 Å². The number of nitrogens with zero attached hydrogens (tertiary/aromatic N) is 2. The van der Waals surface area contributed by atoms with Crippen LogP contribution >= 0.6 is 34.5 Å². The number of aromatic nitrogens is 2. The molecule has 0 aliphatic carbocycles. The first kappa shape index (κ1) is 14.5. The second-order valence-electron chi connectivity index (χ2n) is 3.43. The van der Waals surface area contributed by atoms with Gasteiger partial charge in [0, 0.05) is 5.02 Å². The van der Waals surface area contributed by atoms with Gasteiger partial charge in [0.05, 0.1) is 11.6 Å². The summed E-state index contributed by atoms with van der Waals surface area (Å²) in [4.78, 5) is -0.0841. The number of nitrogens with one attached hydrogen (secondary N) is 1. The number of halogens is 2. The Morgan fingerprint density at radius 2 is 2.05 bits per heavy atom. The molecule has 0 saturated heterocycles. The Bertz CT molecular complexity index is 702. The molecule has 0 atom stereocenters. The summed E-state index contributed by atoms with van der Waals surface area (Å²) in [6, 6.07) is 4.20. The fourth-order valence-electron chi connectivity index (χ4n) is 1.26. The maximum Gasteiger partial charge on any atom is 0.242 e. The van der Waals surface area contributed by atoms with Gasteiger partial charge in [-0.1, -0.05) is 34.5 Å². The fourth-order valence-corrected chi connectivity index (χ4v) is 3.64. The van der Waals surface area contributed by atoms with Gasteiger partial charge in [0.2, 0.25) is 15.2 Å². The smallest absolute Gasteiger partial charge is 0.242 e. The summed E-state index contributed by atoms with van der Waals surface area (Å²) in [6.07, 6.45) is 0. The molecule has 10 heteroatoms. The van der Waals surface area contributed by atoms with Crippen molar-refractivity contribution in [2.24, 2.45) is 0 Å². The van der Waals surface area contributed by atoms with Crippen molar-refractivity contribution in [2.45, 2.75) is 11.4 Å². The zero-order valence-electron chi connectivity index (χ0n) is 9.30. The number of anilines is 1. The molecular formula is C9H8Cl2N4O2S2. The predicted octanol–water partition coefficient (Wildman–Crippen LogP) is 1.91. The first-order chi connectivity index (χ1) is 8.88. The van der Waals surface area contributed by atoms with Crippen LogP contribution in [0.3, 0.4) is 0 Å². The highest BCUT2D eigenvalue weighted by molar-refractivity contribution is 7.89. The molecule has 0 amide bonds. The molecule has 0 radical (unpaired) electrons. The van der Waals surface area contributed by atoms with Gasteiger partial charge in [-0.3, -0.25) is 0 Å². The fraction of sp³-hybridized carbons (Fsp3) is 0.111. The van der Waals surface area contributed by atoms with E-state index in [0.717, 1.165) is 11.3 Å². The molecule has 3 N–H and O–H groups in total. The Morgan fingerprint density at radius 3 is 2.68 bits per heavy atom. The lowest BCUT2D eigenvalue weighted by molar-refractivity contribution is 0.581. The van der Waals surface area contributed by atoms with Gasteiger partial charge in [-0.25, -0.2) is 13.1 Å². The zero-order chi connectivity index (χ0) is 14.0. The van der Waals surface area contributed by atoms with Gasteiger partial charge in [0.15, 0.2) is 0 Å². The summed E-state index contributed by atoms with van der Waals surface area (Å²) < 4.78 is 26.5. The Balaban J connectivity index is 2.20. The van der Waals surface area contributed by atoms with Gasteiger partial charge in [0.1, 0.15) is 9.90 Å². The summed E-state index contributed by atoms with van der Waals surface area (Å²) in [6.45, 7) is -0.0138. The van der Waals surface area contributed by atoms with Gasteiger partial charge >= 0.3 is 0 Å². The summed E-state index contributed by atoms with van der Waals surface area (Å²) in [7, 11) is -3.77. The number of hydrogen-bond donors (Lipinski definition) is 2. The standard InChI is InChI=1S/C9H8Cl2N4O2S2/c10-5-1-2-6(11)7(3-5)19(16,17)13-4-8-14-15-9(12)18-8/h1-3,13H,4H2,(H2,12,15). The van der Waals surface area contributed by atoms with Gasteiger partial charge in [-0.05, 0) is 18.2 Å². The van der Waals surface area contributed by atoms with Crippen molar-refractivity contribution >= 4 is 49.7 Å². The molecule has 102 valence electrons. The van der Waals surface area contributed by atoms with Crippen LogP contribution in [-0.2, 0) is 16.6 Å². The van der Waals surface area contributed by atoms with Gasteiger partial charge in [-0.15, -0.1) is 10.2 Å². The molecular weight excluding hydrogens is 331 g/mol. The number of nitrogens with two attached hydrogens (primary N) is 1. The van der Waals surface area contributed by atoms with E-state index in [1.165, 1.54) is 18.2 Å². The third-order valence-corrected chi connectivity index (χ3v) is 4.95. The molecule has 0 unspecified atom stereocenters. The highest BCUT2D eigenvalue weighted by Gasteiger charge is 2.18. The van der Waals surface area contributed by atoms with Crippen LogP contribution < -0.4 is 10.5 Å². The summed E-state index contributed by atoms with van der Waals surface area (Å²) in [5, 5.41) is 8.40. The highest BCUT2D eigenvalue weighted by atomic mass is 35.5. The lowest BCUT2D eigenvalue weighted by atomic mass is 10.4. The third kappa shape index (κ3) is 3.54. The van der Waals surface area contributed by atoms with Crippen LogP contribution in [0.4, 0.5) is 5.13 Å². The van der Waals surface area contributed by atoms with Crippen molar-refractivity contribution in [3.8, 4) is 0 Å². The van der Waals surface area contributed by atoms with Gasteiger partial charge in [0.25, 0.3) is 0 Å². The minimum absolute atomic E-state index is 0.0138. The first-order valence-electron chi connectivity index (χ1n) is 4.91. The maximum atomic E-state index is 12.1. The average molecular weight is 339 g/mol. The Morgan fingerprint density at radius 1 is 1.32 bits per heavy atom. The minimum Gasteiger partial charge on any atom is -0.374 e. The van der Waals surface area contributed by atoms with Gasteiger partial charge < -0.3 is 5.73 Å². The van der Waals surface area contributed by atoms with Crippen molar-refractivity contribution in [3.63, 3.8) is 0 Å². The van der Waals surface area contributed by atoms with E-state index in [2.05, 4.69) is 14.9 Å². The lowest BCUT2D eigenvalue weighted by Gasteiger charge is -2.07. The molecule has 0 aliphatic rings. The first-order valence-corrected chi connectivity index (χ1v) is 7.96. The van der Waals surface area contributed by atoms with Crippen molar-refractivity contribution < 1.29 is 8.42 Å². The molecule has 2 rings (SSSR count). The number of rotatable bonds is 4. The molecule has 0 aliphatic heterocycles. The van der Waals surface area contributed by atoms with Crippen LogP contribution in [-0.4, -0.2) is 18.6 Å². The van der Waals surface area contributed by atoms with E-state index in [1.54, 1.807) is 0 Å².